The molecule has 4 aromatic carbocycles. The number of carbonyl (C=O) groups excluding carboxylic acids is 1. The third-order valence-corrected chi connectivity index (χ3v) is 7.49. The van der Waals surface area contributed by atoms with Crippen LogP contribution < -0.4 is 23.7 Å². The van der Waals surface area contributed by atoms with Crippen LogP contribution in [0.4, 0.5) is 0 Å². The lowest BCUT2D eigenvalue weighted by atomic mass is 9.87. The Labute approximate surface area is 237 Å². The van der Waals surface area contributed by atoms with E-state index < -0.39 is 6.04 Å². The number of hydrogen-bond acceptors (Lipinski definition) is 6. The van der Waals surface area contributed by atoms with Crippen molar-refractivity contribution in [3.8, 4) is 28.7 Å². The van der Waals surface area contributed by atoms with Crippen LogP contribution in [0.3, 0.4) is 0 Å². The molecule has 2 heterocycles. The first-order valence-electron chi connectivity index (χ1n) is 13.0. The summed E-state index contributed by atoms with van der Waals surface area (Å²) in [7, 11) is 3.19. The second kappa shape index (κ2) is 11.0. The van der Waals surface area contributed by atoms with Crippen LogP contribution in [0.2, 0.25) is 5.02 Å². The third-order valence-electron chi connectivity index (χ3n) is 7.24. The van der Waals surface area contributed by atoms with Gasteiger partial charge < -0.3 is 28.6 Å². The van der Waals surface area contributed by atoms with Gasteiger partial charge in [0.05, 0.1) is 20.3 Å². The zero-order valence-corrected chi connectivity index (χ0v) is 22.9. The van der Waals surface area contributed by atoms with Gasteiger partial charge in [0.25, 0.3) is 5.91 Å². The maximum Gasteiger partial charge on any atom is 0.254 e. The molecule has 0 saturated heterocycles. The van der Waals surface area contributed by atoms with E-state index in [-0.39, 0.29) is 12.7 Å². The molecule has 2 aliphatic heterocycles. The summed E-state index contributed by atoms with van der Waals surface area (Å²) < 4.78 is 29.1. The lowest BCUT2D eigenvalue weighted by Gasteiger charge is -2.38. The van der Waals surface area contributed by atoms with E-state index in [2.05, 4.69) is 0 Å². The molecule has 0 aliphatic carbocycles. The molecule has 7 nitrogen and oxygen atoms in total. The Balaban J connectivity index is 1.44. The Morgan fingerprint density at radius 3 is 2.27 bits per heavy atom. The highest BCUT2D eigenvalue weighted by Gasteiger charge is 2.36. The average molecular weight is 558 g/mol. The lowest BCUT2D eigenvalue weighted by Crippen LogP contribution is -2.40. The summed E-state index contributed by atoms with van der Waals surface area (Å²) in [5.41, 5.74) is 4.45. The van der Waals surface area contributed by atoms with Crippen LogP contribution in [-0.4, -0.2) is 38.4 Å². The Bertz CT molecular complexity index is 1510. The zero-order valence-electron chi connectivity index (χ0n) is 22.2. The molecule has 1 atom stereocenters. The minimum absolute atomic E-state index is 0.104. The SMILES string of the molecule is COc1cc(C2c3cc4c(cc3CCN2C(=O)c2ccc(Cl)cc2)OCO4)cc(OC)c1OCc1ccccc1. The quantitative estimate of drug-likeness (QED) is 0.260. The van der Waals surface area contributed by atoms with Gasteiger partial charge in [0.1, 0.15) is 6.61 Å². The van der Waals surface area contributed by atoms with Crippen LogP contribution in [0.5, 0.6) is 28.7 Å². The molecule has 0 radical (unpaired) electrons. The summed E-state index contributed by atoms with van der Waals surface area (Å²) >= 11 is 6.10. The molecule has 0 spiro atoms. The monoisotopic (exact) mass is 557 g/mol. The number of ether oxygens (including phenoxy) is 5. The second-order valence-electron chi connectivity index (χ2n) is 9.59. The van der Waals surface area contributed by atoms with Crippen molar-refractivity contribution in [2.45, 2.75) is 19.1 Å². The van der Waals surface area contributed by atoms with E-state index in [1.807, 2.05) is 59.5 Å². The first-order chi connectivity index (χ1) is 19.6. The van der Waals surface area contributed by atoms with Gasteiger partial charge in [-0.05, 0) is 77.2 Å². The number of rotatable bonds is 7. The van der Waals surface area contributed by atoms with E-state index in [1.165, 1.54) is 0 Å². The van der Waals surface area contributed by atoms with Crippen molar-refractivity contribution in [2.75, 3.05) is 27.6 Å². The van der Waals surface area contributed by atoms with Crippen molar-refractivity contribution in [3.63, 3.8) is 0 Å². The molecule has 1 amide bonds. The van der Waals surface area contributed by atoms with Crippen molar-refractivity contribution in [1.29, 1.82) is 0 Å². The minimum Gasteiger partial charge on any atom is -0.493 e. The van der Waals surface area contributed by atoms with Crippen molar-refractivity contribution in [2.24, 2.45) is 0 Å². The van der Waals surface area contributed by atoms with E-state index in [9.17, 15) is 4.79 Å². The molecule has 2 aliphatic rings. The van der Waals surface area contributed by atoms with E-state index >= 15 is 0 Å². The van der Waals surface area contributed by atoms with E-state index in [0.717, 1.165) is 28.0 Å². The van der Waals surface area contributed by atoms with Gasteiger partial charge in [-0.25, -0.2) is 0 Å². The van der Waals surface area contributed by atoms with Crippen LogP contribution in [-0.2, 0) is 13.0 Å². The molecule has 0 N–H and O–H groups in total. The van der Waals surface area contributed by atoms with Crippen LogP contribution >= 0.6 is 11.6 Å². The Kier molecular flexibility index (Phi) is 7.13. The highest BCUT2D eigenvalue weighted by molar-refractivity contribution is 6.30. The van der Waals surface area contributed by atoms with Gasteiger partial charge >= 0.3 is 0 Å². The van der Waals surface area contributed by atoms with Crippen molar-refractivity contribution < 1.29 is 28.5 Å². The van der Waals surface area contributed by atoms with Crippen LogP contribution in [0.25, 0.3) is 0 Å². The Morgan fingerprint density at radius 1 is 0.925 bits per heavy atom. The minimum atomic E-state index is -0.438. The first-order valence-corrected chi connectivity index (χ1v) is 13.3. The number of hydrogen-bond donors (Lipinski definition) is 0. The number of methoxy groups -OCH3 is 2. The molecule has 4 aromatic rings. The molecule has 8 heteroatoms. The van der Waals surface area contributed by atoms with Gasteiger partial charge in [-0.3, -0.25) is 4.79 Å². The summed E-state index contributed by atoms with van der Waals surface area (Å²) in [6.07, 6.45) is 0.675. The zero-order chi connectivity index (χ0) is 27.6. The molecule has 6 rings (SSSR count). The number of nitrogens with zero attached hydrogens (tertiary/aromatic N) is 1. The number of benzene rings is 4. The molecule has 1 unspecified atom stereocenters. The molecule has 40 heavy (non-hydrogen) atoms. The Morgan fingerprint density at radius 2 is 1.60 bits per heavy atom. The molecule has 0 bridgehead atoms. The van der Waals surface area contributed by atoms with Crippen molar-refractivity contribution in [1.82, 2.24) is 4.90 Å². The predicted octanol–water partition coefficient (Wildman–Crippen LogP) is 6.45. The maximum absolute atomic E-state index is 13.9. The van der Waals surface area contributed by atoms with Gasteiger partial charge in [-0.1, -0.05) is 41.9 Å². The fourth-order valence-corrected chi connectivity index (χ4v) is 5.40. The van der Waals surface area contributed by atoms with E-state index in [4.69, 9.17) is 35.3 Å². The largest absolute Gasteiger partial charge is 0.493 e. The van der Waals surface area contributed by atoms with Gasteiger partial charge in [0.2, 0.25) is 12.5 Å². The number of fused-ring (bicyclic) bond motifs is 2. The molecular weight excluding hydrogens is 530 g/mol. The normalized spacial score (nSPS) is 15.4. The molecule has 0 saturated carbocycles. The summed E-state index contributed by atoms with van der Waals surface area (Å²) in [5.74, 6) is 2.79. The number of carbonyl (C=O) groups is 1. The first kappa shape index (κ1) is 25.9. The summed E-state index contributed by atoms with van der Waals surface area (Å²) in [4.78, 5) is 15.8. The van der Waals surface area contributed by atoms with Gasteiger partial charge in [-0.15, -0.1) is 0 Å². The number of halogens is 1. The summed E-state index contributed by atoms with van der Waals surface area (Å²) in [6, 6.07) is 24.2. The Hall–Kier alpha value is -4.36. The van der Waals surface area contributed by atoms with Crippen LogP contribution in [0, 0.1) is 0 Å². The highest BCUT2D eigenvalue weighted by atomic mass is 35.5. The average Bonchev–Trinajstić information content (AvgIpc) is 3.46. The maximum atomic E-state index is 13.9. The van der Waals surface area contributed by atoms with Gasteiger partial charge in [-0.2, -0.15) is 0 Å². The molecular formula is C32H28ClNO6. The third kappa shape index (κ3) is 4.89. The summed E-state index contributed by atoms with van der Waals surface area (Å²) in [6.45, 7) is 1.03. The standard InChI is InChI=1S/C32H28ClNO6/c1-36-28-15-23(16-29(37-2)31(28)38-18-20-6-4-3-5-7-20)30-25-17-27-26(39-19-40-27)14-22(25)12-13-34(30)32(35)21-8-10-24(33)11-9-21/h3-11,14-17,30H,12-13,18-19H2,1-2H3. The van der Waals surface area contributed by atoms with Crippen LogP contribution in [0.1, 0.15) is 38.7 Å². The fraction of sp³-hybridized carbons (Fsp3) is 0.219. The molecule has 0 fully saturated rings. The van der Waals surface area contributed by atoms with E-state index in [1.54, 1.807) is 38.5 Å². The highest BCUT2D eigenvalue weighted by Crippen LogP contribution is 2.47. The van der Waals surface area contributed by atoms with Gasteiger partial charge in [0, 0.05) is 17.1 Å². The molecule has 0 aromatic heterocycles. The fourth-order valence-electron chi connectivity index (χ4n) is 5.28. The predicted molar refractivity (Wildman–Crippen MR) is 151 cm³/mol. The number of amides is 1. The topological polar surface area (TPSA) is 66.5 Å². The summed E-state index contributed by atoms with van der Waals surface area (Å²) in [5, 5.41) is 0.574. The molecule has 204 valence electrons. The van der Waals surface area contributed by atoms with Crippen molar-refractivity contribution in [3.05, 3.63) is 112 Å². The van der Waals surface area contributed by atoms with Gasteiger partial charge in [0.15, 0.2) is 23.0 Å². The van der Waals surface area contributed by atoms with Crippen LogP contribution in [0.15, 0.2) is 78.9 Å². The second-order valence-corrected chi connectivity index (χ2v) is 10.0. The lowest BCUT2D eigenvalue weighted by molar-refractivity contribution is 0.0694. The van der Waals surface area contributed by atoms with E-state index in [0.29, 0.717) is 53.2 Å². The van der Waals surface area contributed by atoms with Crippen molar-refractivity contribution >= 4 is 17.5 Å². The smallest absolute Gasteiger partial charge is 0.254 e.